The second-order valence-electron chi connectivity index (χ2n) is 6.28. The molecule has 2 saturated heterocycles. The predicted octanol–water partition coefficient (Wildman–Crippen LogP) is 2.17. The molecule has 1 atom stereocenters. The van der Waals surface area contributed by atoms with Gasteiger partial charge in [0.25, 0.3) is 0 Å². The van der Waals surface area contributed by atoms with Crippen molar-refractivity contribution in [1.29, 1.82) is 0 Å². The van der Waals surface area contributed by atoms with Gasteiger partial charge in [-0.3, -0.25) is 4.79 Å². The van der Waals surface area contributed by atoms with Gasteiger partial charge in [0.15, 0.2) is 0 Å². The first-order chi connectivity index (χ1) is 10.1. The van der Waals surface area contributed by atoms with Crippen LogP contribution in [0.1, 0.15) is 42.9 Å². The fourth-order valence-corrected chi connectivity index (χ4v) is 3.53. The number of hydrogen-bond acceptors (Lipinski definition) is 3. The van der Waals surface area contributed by atoms with E-state index in [1.807, 2.05) is 11.0 Å². The van der Waals surface area contributed by atoms with Crippen molar-refractivity contribution in [2.24, 2.45) is 5.73 Å². The largest absolute Gasteiger partial charge is 0.381 e. The maximum Gasteiger partial charge on any atom is 0.243 e. The Labute approximate surface area is 126 Å². The molecule has 0 aromatic heterocycles. The standard InChI is InChI=1S/C17H24N2O2/c1-13-5-2-3-6-14(13)15-7-4-10-19(15)16(20)17(18)8-11-21-12-9-17/h2-3,5-6,15H,4,7-12,18H2,1H3. The Hall–Kier alpha value is -1.39. The first-order valence-corrected chi connectivity index (χ1v) is 7.85. The van der Waals surface area contributed by atoms with Crippen molar-refractivity contribution < 1.29 is 9.53 Å². The highest BCUT2D eigenvalue weighted by molar-refractivity contribution is 5.87. The number of likely N-dealkylation sites (tertiary alicyclic amines) is 1. The Balaban J connectivity index is 1.84. The number of carbonyl (C=O) groups excluding carboxylic acids is 1. The van der Waals surface area contributed by atoms with Gasteiger partial charge >= 0.3 is 0 Å². The van der Waals surface area contributed by atoms with Crippen LogP contribution in [-0.2, 0) is 9.53 Å². The second-order valence-corrected chi connectivity index (χ2v) is 6.28. The average Bonchev–Trinajstić information content (AvgIpc) is 2.97. The summed E-state index contributed by atoms with van der Waals surface area (Å²) in [6.07, 6.45) is 3.34. The summed E-state index contributed by atoms with van der Waals surface area (Å²) < 4.78 is 5.36. The van der Waals surface area contributed by atoms with Gasteiger partial charge in [0.1, 0.15) is 0 Å². The number of carbonyl (C=O) groups is 1. The summed E-state index contributed by atoms with van der Waals surface area (Å²) in [4.78, 5) is 15.0. The van der Waals surface area contributed by atoms with Gasteiger partial charge in [0.05, 0.1) is 11.6 Å². The van der Waals surface area contributed by atoms with Gasteiger partial charge in [0.2, 0.25) is 5.91 Å². The maximum absolute atomic E-state index is 13.0. The highest BCUT2D eigenvalue weighted by Crippen LogP contribution is 2.36. The molecule has 0 bridgehead atoms. The summed E-state index contributed by atoms with van der Waals surface area (Å²) >= 11 is 0. The van der Waals surface area contributed by atoms with Crippen LogP contribution in [0.2, 0.25) is 0 Å². The van der Waals surface area contributed by atoms with Gasteiger partial charge in [-0.05, 0) is 43.7 Å². The Bertz CT molecular complexity index is 523. The van der Waals surface area contributed by atoms with Crippen LogP contribution in [-0.4, -0.2) is 36.1 Å². The number of nitrogens with zero attached hydrogens (tertiary/aromatic N) is 1. The van der Waals surface area contributed by atoms with Crippen molar-refractivity contribution in [3.8, 4) is 0 Å². The molecule has 2 heterocycles. The molecule has 0 saturated carbocycles. The van der Waals surface area contributed by atoms with E-state index in [0.717, 1.165) is 19.4 Å². The molecule has 2 aliphatic heterocycles. The highest BCUT2D eigenvalue weighted by Gasteiger charge is 2.42. The van der Waals surface area contributed by atoms with E-state index in [1.54, 1.807) is 0 Å². The topological polar surface area (TPSA) is 55.6 Å². The van der Waals surface area contributed by atoms with Crippen molar-refractivity contribution in [3.05, 3.63) is 35.4 Å². The third-order valence-electron chi connectivity index (χ3n) is 4.87. The van der Waals surface area contributed by atoms with Gasteiger partial charge in [-0.2, -0.15) is 0 Å². The molecule has 2 fully saturated rings. The maximum atomic E-state index is 13.0. The third kappa shape index (κ3) is 2.70. The van der Waals surface area contributed by atoms with E-state index in [0.29, 0.717) is 26.1 Å². The summed E-state index contributed by atoms with van der Waals surface area (Å²) in [7, 11) is 0. The van der Waals surface area contributed by atoms with Gasteiger partial charge in [-0.1, -0.05) is 24.3 Å². The number of benzene rings is 1. The van der Waals surface area contributed by atoms with Crippen LogP contribution in [0.5, 0.6) is 0 Å². The summed E-state index contributed by atoms with van der Waals surface area (Å²) in [6, 6.07) is 8.53. The van der Waals surface area contributed by atoms with Crippen LogP contribution in [0.4, 0.5) is 0 Å². The fraction of sp³-hybridized carbons (Fsp3) is 0.588. The first kappa shape index (κ1) is 14.5. The van der Waals surface area contributed by atoms with Crippen molar-refractivity contribution in [2.75, 3.05) is 19.8 Å². The van der Waals surface area contributed by atoms with E-state index < -0.39 is 5.54 Å². The lowest BCUT2D eigenvalue weighted by molar-refractivity contribution is -0.141. The van der Waals surface area contributed by atoms with Crippen molar-refractivity contribution in [1.82, 2.24) is 4.90 Å². The predicted molar refractivity (Wildman–Crippen MR) is 81.8 cm³/mol. The third-order valence-corrected chi connectivity index (χ3v) is 4.87. The monoisotopic (exact) mass is 288 g/mol. The van der Waals surface area contributed by atoms with Gasteiger partial charge in [-0.15, -0.1) is 0 Å². The van der Waals surface area contributed by atoms with Gasteiger partial charge in [0, 0.05) is 19.8 Å². The van der Waals surface area contributed by atoms with Crippen LogP contribution in [0.3, 0.4) is 0 Å². The Morgan fingerprint density at radius 1 is 1.33 bits per heavy atom. The van der Waals surface area contributed by atoms with E-state index in [1.165, 1.54) is 11.1 Å². The van der Waals surface area contributed by atoms with E-state index in [4.69, 9.17) is 10.5 Å². The SMILES string of the molecule is Cc1ccccc1C1CCCN1C(=O)C1(N)CCOCC1. The normalized spacial score (nSPS) is 25.0. The molecule has 114 valence electrons. The molecule has 4 nitrogen and oxygen atoms in total. The van der Waals surface area contributed by atoms with E-state index >= 15 is 0 Å². The molecule has 1 amide bonds. The minimum Gasteiger partial charge on any atom is -0.381 e. The molecular formula is C17H24N2O2. The molecular weight excluding hydrogens is 264 g/mol. The average molecular weight is 288 g/mol. The van der Waals surface area contributed by atoms with Crippen LogP contribution in [0.15, 0.2) is 24.3 Å². The van der Waals surface area contributed by atoms with Gasteiger partial charge < -0.3 is 15.4 Å². The quantitative estimate of drug-likeness (QED) is 0.907. The molecule has 1 aromatic rings. The molecule has 0 spiro atoms. The number of ether oxygens (including phenoxy) is 1. The van der Waals surface area contributed by atoms with Crippen LogP contribution >= 0.6 is 0 Å². The smallest absolute Gasteiger partial charge is 0.243 e. The number of rotatable bonds is 2. The van der Waals surface area contributed by atoms with Crippen LogP contribution < -0.4 is 5.73 Å². The minimum atomic E-state index is -0.733. The number of aryl methyl sites for hydroxylation is 1. The first-order valence-electron chi connectivity index (χ1n) is 7.85. The number of amides is 1. The van der Waals surface area contributed by atoms with E-state index in [-0.39, 0.29) is 11.9 Å². The minimum absolute atomic E-state index is 0.108. The zero-order chi connectivity index (χ0) is 14.9. The molecule has 0 radical (unpaired) electrons. The summed E-state index contributed by atoms with van der Waals surface area (Å²) in [5.41, 5.74) is 8.17. The molecule has 1 aromatic carbocycles. The van der Waals surface area contributed by atoms with Gasteiger partial charge in [-0.25, -0.2) is 0 Å². The molecule has 21 heavy (non-hydrogen) atoms. The lowest BCUT2D eigenvalue weighted by atomic mass is 9.88. The van der Waals surface area contributed by atoms with Crippen LogP contribution in [0, 0.1) is 6.92 Å². The Morgan fingerprint density at radius 3 is 2.76 bits per heavy atom. The zero-order valence-corrected chi connectivity index (χ0v) is 12.7. The van der Waals surface area contributed by atoms with Crippen molar-refractivity contribution >= 4 is 5.91 Å². The van der Waals surface area contributed by atoms with E-state index in [9.17, 15) is 4.79 Å². The summed E-state index contributed by atoms with van der Waals surface area (Å²) in [5.74, 6) is 0.108. The van der Waals surface area contributed by atoms with Crippen LogP contribution in [0.25, 0.3) is 0 Å². The molecule has 0 aliphatic carbocycles. The molecule has 4 heteroatoms. The second kappa shape index (κ2) is 5.78. The Morgan fingerprint density at radius 2 is 2.05 bits per heavy atom. The summed E-state index contributed by atoms with van der Waals surface area (Å²) in [6.45, 7) is 4.11. The lowest BCUT2D eigenvalue weighted by Crippen LogP contribution is -2.57. The molecule has 2 aliphatic rings. The lowest BCUT2D eigenvalue weighted by Gasteiger charge is -2.38. The Kier molecular flexibility index (Phi) is 4.00. The van der Waals surface area contributed by atoms with Crippen molar-refractivity contribution in [3.63, 3.8) is 0 Å². The highest BCUT2D eigenvalue weighted by atomic mass is 16.5. The summed E-state index contributed by atoms with van der Waals surface area (Å²) in [5, 5.41) is 0. The van der Waals surface area contributed by atoms with E-state index in [2.05, 4.69) is 25.1 Å². The fourth-order valence-electron chi connectivity index (χ4n) is 3.53. The number of nitrogens with two attached hydrogens (primary N) is 1. The molecule has 3 rings (SSSR count). The van der Waals surface area contributed by atoms with Crippen molar-refractivity contribution in [2.45, 2.75) is 44.2 Å². The molecule has 1 unspecified atom stereocenters. The number of hydrogen-bond donors (Lipinski definition) is 1. The molecule has 2 N–H and O–H groups in total. The zero-order valence-electron chi connectivity index (χ0n) is 12.7.